The maximum Gasteiger partial charge on any atom is 0.332 e. The highest BCUT2D eigenvalue weighted by Gasteiger charge is 2.29. The first-order chi connectivity index (χ1) is 13.3. The number of piperidine rings is 1. The Morgan fingerprint density at radius 1 is 1.14 bits per heavy atom. The molecule has 1 fully saturated rings. The van der Waals surface area contributed by atoms with Crippen LogP contribution in [0.4, 0.5) is 0 Å². The van der Waals surface area contributed by atoms with Gasteiger partial charge < -0.3 is 9.47 Å². The number of imidazole rings is 1. The monoisotopic (exact) mass is 407 g/mol. The van der Waals surface area contributed by atoms with Crippen molar-refractivity contribution in [2.24, 2.45) is 14.1 Å². The van der Waals surface area contributed by atoms with Crippen molar-refractivity contribution in [3.8, 4) is 0 Å². The van der Waals surface area contributed by atoms with E-state index in [1.54, 1.807) is 7.05 Å². The predicted octanol–water partition coefficient (Wildman–Crippen LogP) is 1.73. The van der Waals surface area contributed by atoms with Crippen molar-refractivity contribution in [3.63, 3.8) is 0 Å². The number of amides is 1. The van der Waals surface area contributed by atoms with E-state index >= 15 is 0 Å². The Bertz CT molecular complexity index is 996. The van der Waals surface area contributed by atoms with Crippen molar-refractivity contribution in [2.75, 3.05) is 5.75 Å². The molecule has 8 nitrogen and oxygen atoms in total. The second kappa shape index (κ2) is 8.14. The SMILES string of the molecule is CCCn1c(SCC(=O)N2C(C)CCCC2C)nc2c1c(=O)n(C)c(=O)n2C. The molecule has 28 heavy (non-hydrogen) atoms. The summed E-state index contributed by atoms with van der Waals surface area (Å²) in [5, 5.41) is 0.612. The average Bonchev–Trinajstić information content (AvgIpc) is 3.02. The molecule has 3 rings (SSSR count). The predicted molar refractivity (Wildman–Crippen MR) is 111 cm³/mol. The molecular weight excluding hydrogens is 378 g/mol. The lowest BCUT2D eigenvalue weighted by Gasteiger charge is -2.39. The summed E-state index contributed by atoms with van der Waals surface area (Å²) in [6.07, 6.45) is 4.04. The molecule has 0 saturated carbocycles. The Labute approximate surface area is 168 Å². The number of carbonyl (C=O) groups is 1. The third-order valence-electron chi connectivity index (χ3n) is 5.57. The van der Waals surface area contributed by atoms with Gasteiger partial charge in [0.2, 0.25) is 5.91 Å². The van der Waals surface area contributed by atoms with E-state index in [4.69, 9.17) is 0 Å². The fourth-order valence-electron chi connectivity index (χ4n) is 4.08. The highest BCUT2D eigenvalue weighted by molar-refractivity contribution is 7.99. The van der Waals surface area contributed by atoms with Gasteiger partial charge in [0.25, 0.3) is 5.56 Å². The van der Waals surface area contributed by atoms with Gasteiger partial charge in [0, 0.05) is 32.7 Å². The van der Waals surface area contributed by atoms with Crippen LogP contribution in [-0.2, 0) is 25.4 Å². The molecular formula is C19H29N5O3S. The van der Waals surface area contributed by atoms with Gasteiger partial charge in [-0.3, -0.25) is 18.7 Å². The van der Waals surface area contributed by atoms with Gasteiger partial charge in [-0.2, -0.15) is 0 Å². The van der Waals surface area contributed by atoms with Gasteiger partial charge in [-0.05, 0) is 39.5 Å². The lowest BCUT2D eigenvalue weighted by Crippen LogP contribution is -2.48. The number of thioether (sulfide) groups is 1. The van der Waals surface area contributed by atoms with Gasteiger partial charge in [-0.1, -0.05) is 18.7 Å². The summed E-state index contributed by atoms with van der Waals surface area (Å²) < 4.78 is 4.34. The van der Waals surface area contributed by atoms with Crippen LogP contribution < -0.4 is 11.2 Å². The van der Waals surface area contributed by atoms with Crippen LogP contribution in [0.5, 0.6) is 0 Å². The Kier molecular flexibility index (Phi) is 6.02. The van der Waals surface area contributed by atoms with Crippen LogP contribution in [0, 0.1) is 0 Å². The topological polar surface area (TPSA) is 82.1 Å². The van der Waals surface area contributed by atoms with E-state index in [1.807, 2.05) is 16.4 Å². The number of nitrogens with zero attached hydrogens (tertiary/aromatic N) is 5. The minimum atomic E-state index is -0.401. The Balaban J connectivity index is 1.95. The largest absolute Gasteiger partial charge is 0.337 e. The van der Waals surface area contributed by atoms with Crippen molar-refractivity contribution < 1.29 is 4.79 Å². The Morgan fingerprint density at radius 3 is 2.39 bits per heavy atom. The first kappa shape index (κ1) is 20.7. The molecule has 1 aliphatic heterocycles. The summed E-state index contributed by atoms with van der Waals surface area (Å²) in [7, 11) is 3.09. The first-order valence-corrected chi connectivity index (χ1v) is 10.9. The van der Waals surface area contributed by atoms with Crippen LogP contribution in [0.15, 0.2) is 14.7 Å². The summed E-state index contributed by atoms with van der Waals surface area (Å²) >= 11 is 1.34. The van der Waals surface area contributed by atoms with E-state index in [-0.39, 0.29) is 29.3 Å². The fraction of sp³-hybridized carbons (Fsp3) is 0.684. The third-order valence-corrected chi connectivity index (χ3v) is 6.53. The first-order valence-electron chi connectivity index (χ1n) is 9.88. The Morgan fingerprint density at radius 2 is 1.79 bits per heavy atom. The number of rotatable bonds is 5. The molecule has 154 valence electrons. The summed E-state index contributed by atoms with van der Waals surface area (Å²) in [6.45, 7) is 6.83. The van der Waals surface area contributed by atoms with Gasteiger partial charge in [0.05, 0.1) is 5.75 Å². The van der Waals surface area contributed by atoms with Crippen LogP contribution in [0.25, 0.3) is 11.2 Å². The fourth-order valence-corrected chi connectivity index (χ4v) is 4.97. The van der Waals surface area contributed by atoms with E-state index in [2.05, 4.69) is 18.8 Å². The molecule has 9 heteroatoms. The quantitative estimate of drug-likeness (QED) is 0.705. The molecule has 1 saturated heterocycles. The molecule has 2 unspecified atom stereocenters. The Hall–Kier alpha value is -2.03. The highest BCUT2D eigenvalue weighted by Crippen LogP contribution is 2.26. The lowest BCUT2D eigenvalue weighted by atomic mass is 9.98. The normalized spacial score (nSPS) is 20.1. The average molecular weight is 408 g/mol. The number of fused-ring (bicyclic) bond motifs is 1. The zero-order valence-electron chi connectivity index (χ0n) is 17.3. The van der Waals surface area contributed by atoms with Crippen molar-refractivity contribution >= 4 is 28.8 Å². The number of hydrogen-bond donors (Lipinski definition) is 0. The second-order valence-electron chi connectivity index (χ2n) is 7.64. The van der Waals surface area contributed by atoms with Crippen LogP contribution in [0.3, 0.4) is 0 Å². The minimum absolute atomic E-state index is 0.0987. The van der Waals surface area contributed by atoms with Crippen molar-refractivity contribution in [1.29, 1.82) is 0 Å². The summed E-state index contributed by atoms with van der Waals surface area (Å²) in [5.41, 5.74) is 0.0371. The molecule has 0 aliphatic carbocycles. The molecule has 0 bridgehead atoms. The smallest absolute Gasteiger partial charge is 0.332 e. The zero-order valence-corrected chi connectivity index (χ0v) is 18.1. The number of carbonyl (C=O) groups excluding carboxylic acids is 1. The maximum atomic E-state index is 12.9. The van der Waals surface area contributed by atoms with Gasteiger partial charge in [-0.25, -0.2) is 9.78 Å². The van der Waals surface area contributed by atoms with E-state index in [0.29, 0.717) is 22.9 Å². The number of aromatic nitrogens is 4. The van der Waals surface area contributed by atoms with Gasteiger partial charge >= 0.3 is 5.69 Å². The molecule has 0 N–H and O–H groups in total. The standard InChI is InChI=1S/C19H29N5O3S/c1-6-10-23-15-16(21(4)19(27)22(5)17(15)26)20-18(23)28-11-14(25)24-12(2)8-7-9-13(24)3/h12-13H,6-11H2,1-5H3. The van der Waals surface area contributed by atoms with Crippen LogP contribution in [0.1, 0.15) is 46.5 Å². The van der Waals surface area contributed by atoms with Gasteiger partial charge in [0.1, 0.15) is 0 Å². The summed E-state index contributed by atoms with van der Waals surface area (Å²) in [5.74, 6) is 0.372. The van der Waals surface area contributed by atoms with Gasteiger partial charge in [-0.15, -0.1) is 0 Å². The van der Waals surface area contributed by atoms with Crippen molar-refractivity contribution in [1.82, 2.24) is 23.6 Å². The molecule has 2 aromatic rings. The van der Waals surface area contributed by atoms with Crippen LogP contribution >= 0.6 is 11.8 Å². The lowest BCUT2D eigenvalue weighted by molar-refractivity contribution is -0.134. The van der Waals surface area contributed by atoms with E-state index in [0.717, 1.165) is 30.3 Å². The molecule has 0 radical (unpaired) electrons. The van der Waals surface area contributed by atoms with E-state index < -0.39 is 5.69 Å². The van der Waals surface area contributed by atoms with Crippen molar-refractivity contribution in [3.05, 3.63) is 20.8 Å². The van der Waals surface area contributed by atoms with Crippen LogP contribution in [-0.4, -0.2) is 47.3 Å². The van der Waals surface area contributed by atoms with E-state index in [9.17, 15) is 14.4 Å². The van der Waals surface area contributed by atoms with Crippen molar-refractivity contribution in [2.45, 2.75) is 70.2 Å². The summed E-state index contributed by atoms with van der Waals surface area (Å²) in [6, 6.07) is 0.499. The number of hydrogen-bond acceptors (Lipinski definition) is 5. The molecule has 3 heterocycles. The molecule has 1 aliphatic rings. The van der Waals surface area contributed by atoms with Crippen LogP contribution in [0.2, 0.25) is 0 Å². The zero-order chi connectivity index (χ0) is 20.6. The minimum Gasteiger partial charge on any atom is -0.337 e. The van der Waals surface area contributed by atoms with Gasteiger partial charge in [0.15, 0.2) is 16.3 Å². The molecule has 1 amide bonds. The number of aryl methyl sites for hydroxylation is 2. The number of likely N-dealkylation sites (tertiary alicyclic amines) is 1. The molecule has 2 atom stereocenters. The highest BCUT2D eigenvalue weighted by atomic mass is 32.2. The second-order valence-corrected chi connectivity index (χ2v) is 8.59. The third kappa shape index (κ3) is 3.52. The summed E-state index contributed by atoms with van der Waals surface area (Å²) in [4.78, 5) is 44.3. The molecule has 2 aromatic heterocycles. The van der Waals surface area contributed by atoms with E-state index in [1.165, 1.54) is 23.4 Å². The molecule has 0 aromatic carbocycles. The maximum absolute atomic E-state index is 12.9. The molecule has 0 spiro atoms.